The SMILES string of the molecule is CN(Cc1ccc(Cl)s1)S(=O)(=O)c1csc(CN)c1. The third kappa shape index (κ3) is 3.36. The lowest BCUT2D eigenvalue weighted by molar-refractivity contribution is 0.470. The Labute approximate surface area is 125 Å². The zero-order valence-corrected chi connectivity index (χ0v) is 13.4. The van der Waals surface area contributed by atoms with Crippen LogP contribution in [0.15, 0.2) is 28.5 Å². The van der Waals surface area contributed by atoms with Gasteiger partial charge < -0.3 is 5.73 Å². The van der Waals surface area contributed by atoms with Crippen molar-refractivity contribution >= 4 is 44.3 Å². The molecule has 19 heavy (non-hydrogen) atoms. The Balaban J connectivity index is 2.19. The lowest BCUT2D eigenvalue weighted by atomic mass is 10.5. The molecule has 0 atom stereocenters. The van der Waals surface area contributed by atoms with Gasteiger partial charge in [-0.1, -0.05) is 11.6 Å². The highest BCUT2D eigenvalue weighted by molar-refractivity contribution is 7.89. The molecule has 2 aromatic heterocycles. The second kappa shape index (κ2) is 5.90. The normalized spacial score (nSPS) is 12.2. The highest BCUT2D eigenvalue weighted by Crippen LogP contribution is 2.26. The number of sulfonamides is 1. The molecular weight excluding hydrogens is 324 g/mol. The van der Waals surface area contributed by atoms with Crippen LogP contribution in [0, 0.1) is 0 Å². The minimum Gasteiger partial charge on any atom is -0.326 e. The van der Waals surface area contributed by atoms with Gasteiger partial charge in [0.25, 0.3) is 0 Å². The summed E-state index contributed by atoms with van der Waals surface area (Å²) < 4.78 is 26.6. The summed E-state index contributed by atoms with van der Waals surface area (Å²) in [5, 5.41) is 1.62. The van der Waals surface area contributed by atoms with Crippen LogP contribution in [0.5, 0.6) is 0 Å². The molecule has 0 aliphatic heterocycles. The summed E-state index contributed by atoms with van der Waals surface area (Å²) in [7, 11) is -1.91. The Hall–Kier alpha value is -0.440. The van der Waals surface area contributed by atoms with E-state index in [0.717, 1.165) is 9.75 Å². The first-order valence-corrected chi connectivity index (χ1v) is 8.93. The number of halogens is 1. The van der Waals surface area contributed by atoms with E-state index in [2.05, 4.69) is 0 Å². The molecule has 2 aromatic rings. The maximum Gasteiger partial charge on any atom is 0.243 e. The van der Waals surface area contributed by atoms with Gasteiger partial charge in [0.05, 0.1) is 9.23 Å². The van der Waals surface area contributed by atoms with Crippen molar-refractivity contribution in [2.75, 3.05) is 7.05 Å². The summed E-state index contributed by atoms with van der Waals surface area (Å²) in [6, 6.07) is 5.22. The molecule has 4 nitrogen and oxygen atoms in total. The fourth-order valence-corrected chi connectivity index (χ4v) is 5.04. The van der Waals surface area contributed by atoms with Crippen LogP contribution in [0.1, 0.15) is 9.75 Å². The maximum atomic E-state index is 12.3. The van der Waals surface area contributed by atoms with Crippen molar-refractivity contribution in [2.45, 2.75) is 18.0 Å². The van der Waals surface area contributed by atoms with E-state index in [1.807, 2.05) is 6.07 Å². The van der Waals surface area contributed by atoms with Gasteiger partial charge in [0.1, 0.15) is 0 Å². The number of nitrogens with two attached hydrogens (primary N) is 1. The van der Waals surface area contributed by atoms with E-state index in [-0.39, 0.29) is 0 Å². The zero-order valence-electron chi connectivity index (χ0n) is 10.2. The topological polar surface area (TPSA) is 63.4 Å². The Morgan fingerprint density at radius 2 is 2.11 bits per heavy atom. The van der Waals surface area contributed by atoms with E-state index in [0.29, 0.717) is 22.3 Å². The van der Waals surface area contributed by atoms with Gasteiger partial charge in [-0.3, -0.25) is 0 Å². The van der Waals surface area contributed by atoms with Gasteiger partial charge in [0.15, 0.2) is 0 Å². The molecule has 0 aliphatic rings. The Kier molecular flexibility index (Phi) is 4.65. The van der Waals surface area contributed by atoms with Gasteiger partial charge in [0.2, 0.25) is 10.0 Å². The van der Waals surface area contributed by atoms with Gasteiger partial charge >= 0.3 is 0 Å². The summed E-state index contributed by atoms with van der Waals surface area (Å²) in [5.41, 5.74) is 5.50. The Bertz CT molecular complexity index is 663. The maximum absolute atomic E-state index is 12.3. The van der Waals surface area contributed by atoms with Gasteiger partial charge in [-0.25, -0.2) is 8.42 Å². The van der Waals surface area contributed by atoms with Gasteiger partial charge in [-0.15, -0.1) is 22.7 Å². The first-order valence-electron chi connectivity index (χ1n) is 5.41. The van der Waals surface area contributed by atoms with Gasteiger partial charge in [0, 0.05) is 35.3 Å². The Morgan fingerprint density at radius 1 is 1.37 bits per heavy atom. The minimum absolute atomic E-state index is 0.295. The molecule has 0 bridgehead atoms. The molecule has 104 valence electrons. The van der Waals surface area contributed by atoms with Crippen molar-refractivity contribution in [1.82, 2.24) is 4.31 Å². The average Bonchev–Trinajstić information content (AvgIpc) is 2.98. The monoisotopic (exact) mass is 336 g/mol. The van der Waals surface area contributed by atoms with E-state index >= 15 is 0 Å². The largest absolute Gasteiger partial charge is 0.326 e. The molecule has 0 radical (unpaired) electrons. The summed E-state index contributed by atoms with van der Waals surface area (Å²) in [6.07, 6.45) is 0. The van der Waals surface area contributed by atoms with Crippen LogP contribution in [0.25, 0.3) is 0 Å². The predicted molar refractivity (Wildman–Crippen MR) is 80.2 cm³/mol. The van der Waals surface area contributed by atoms with E-state index in [9.17, 15) is 8.42 Å². The Morgan fingerprint density at radius 3 is 2.63 bits per heavy atom. The number of rotatable bonds is 5. The molecule has 0 unspecified atom stereocenters. The van der Waals surface area contributed by atoms with Gasteiger partial charge in [-0.05, 0) is 18.2 Å². The molecule has 8 heteroatoms. The number of nitrogens with zero attached hydrogens (tertiary/aromatic N) is 1. The van der Waals surface area contributed by atoms with Crippen LogP contribution in [-0.2, 0) is 23.1 Å². The van der Waals surface area contributed by atoms with Crippen LogP contribution >= 0.6 is 34.3 Å². The summed E-state index contributed by atoms with van der Waals surface area (Å²) >= 11 is 8.57. The summed E-state index contributed by atoms with van der Waals surface area (Å²) in [5.74, 6) is 0. The molecule has 2 rings (SSSR count). The van der Waals surface area contributed by atoms with Crippen molar-refractivity contribution in [2.24, 2.45) is 5.73 Å². The second-order valence-corrected chi connectivity index (χ2v) is 8.76. The number of thiophene rings is 2. The minimum atomic E-state index is -3.47. The van der Waals surface area contributed by atoms with E-state index in [1.54, 1.807) is 24.6 Å². The van der Waals surface area contributed by atoms with Crippen LogP contribution in [-0.4, -0.2) is 19.8 Å². The lowest BCUT2D eigenvalue weighted by Gasteiger charge is -2.15. The van der Waals surface area contributed by atoms with Crippen LogP contribution < -0.4 is 5.73 Å². The molecule has 2 N–H and O–H groups in total. The molecule has 0 spiro atoms. The van der Waals surface area contributed by atoms with Crippen molar-refractivity contribution in [3.8, 4) is 0 Å². The van der Waals surface area contributed by atoms with Crippen LogP contribution in [0.4, 0.5) is 0 Å². The fraction of sp³-hybridized carbons (Fsp3) is 0.273. The highest BCUT2D eigenvalue weighted by atomic mass is 35.5. The number of hydrogen-bond donors (Lipinski definition) is 1. The third-order valence-electron chi connectivity index (χ3n) is 2.55. The quantitative estimate of drug-likeness (QED) is 0.913. The molecule has 0 fully saturated rings. The third-order valence-corrected chi connectivity index (χ3v) is 6.65. The molecule has 0 aliphatic carbocycles. The second-order valence-electron chi connectivity index (χ2n) is 3.92. The van der Waals surface area contributed by atoms with Crippen molar-refractivity contribution in [3.05, 3.63) is 37.7 Å². The first kappa shape index (κ1) is 15.0. The van der Waals surface area contributed by atoms with Crippen LogP contribution in [0.2, 0.25) is 4.34 Å². The molecule has 0 saturated heterocycles. The van der Waals surface area contributed by atoms with Crippen molar-refractivity contribution in [3.63, 3.8) is 0 Å². The molecule has 0 aromatic carbocycles. The zero-order chi connectivity index (χ0) is 14.0. The number of hydrogen-bond acceptors (Lipinski definition) is 5. The molecule has 2 heterocycles. The smallest absolute Gasteiger partial charge is 0.243 e. The lowest BCUT2D eigenvalue weighted by Crippen LogP contribution is -2.25. The average molecular weight is 337 g/mol. The molecular formula is C11H13ClN2O2S3. The first-order chi connectivity index (χ1) is 8.93. The van der Waals surface area contributed by atoms with Gasteiger partial charge in [-0.2, -0.15) is 4.31 Å². The standard InChI is InChI=1S/C11H13ClN2O2S3/c1-14(6-8-2-3-11(12)18-8)19(15,16)10-4-9(5-13)17-7-10/h2-4,7H,5-6,13H2,1H3. The van der Waals surface area contributed by atoms with E-state index < -0.39 is 10.0 Å². The highest BCUT2D eigenvalue weighted by Gasteiger charge is 2.22. The van der Waals surface area contributed by atoms with Crippen molar-refractivity contribution in [1.29, 1.82) is 0 Å². The summed E-state index contributed by atoms with van der Waals surface area (Å²) in [6.45, 7) is 0.665. The molecule has 0 amide bonds. The predicted octanol–water partition coefficient (Wildman–Crippen LogP) is 2.74. The van der Waals surface area contributed by atoms with E-state index in [1.165, 1.54) is 27.0 Å². The van der Waals surface area contributed by atoms with Crippen molar-refractivity contribution < 1.29 is 8.42 Å². The van der Waals surface area contributed by atoms with E-state index in [4.69, 9.17) is 17.3 Å². The fourth-order valence-electron chi connectivity index (χ4n) is 1.52. The molecule has 0 saturated carbocycles. The van der Waals surface area contributed by atoms with Crippen LogP contribution in [0.3, 0.4) is 0 Å². The summed E-state index contributed by atoms with van der Waals surface area (Å²) in [4.78, 5) is 2.06.